The Kier molecular flexibility index (Phi) is 5.32. The van der Waals surface area contributed by atoms with Crippen LogP contribution in [0.1, 0.15) is 30.1 Å². The highest BCUT2D eigenvalue weighted by Crippen LogP contribution is 2.38. The normalized spacial score (nSPS) is 16.7. The summed E-state index contributed by atoms with van der Waals surface area (Å²) in [5.41, 5.74) is 5.70. The second-order valence-corrected chi connectivity index (χ2v) is 6.57. The predicted octanol–water partition coefficient (Wildman–Crippen LogP) is 1.97. The number of benzene rings is 1. The van der Waals surface area contributed by atoms with Crippen molar-refractivity contribution < 1.29 is 9.59 Å². The van der Waals surface area contributed by atoms with Crippen LogP contribution in [-0.4, -0.2) is 30.4 Å². The van der Waals surface area contributed by atoms with Crippen LogP contribution < -0.4 is 16.4 Å². The number of halogens is 2. The quantitative estimate of drug-likeness (QED) is 0.738. The Balaban J connectivity index is 1.87. The molecular formula is C15H19Cl2N3O2. The molecule has 1 saturated carbocycles. The minimum absolute atomic E-state index is 0.110. The van der Waals surface area contributed by atoms with Crippen molar-refractivity contribution in [2.45, 2.75) is 25.3 Å². The van der Waals surface area contributed by atoms with Crippen molar-refractivity contribution in [2.75, 3.05) is 13.1 Å². The summed E-state index contributed by atoms with van der Waals surface area (Å²) >= 11 is 11.7. The zero-order valence-corrected chi connectivity index (χ0v) is 13.8. The molecule has 1 fully saturated rings. The van der Waals surface area contributed by atoms with Crippen LogP contribution in [0.4, 0.5) is 0 Å². The van der Waals surface area contributed by atoms with Crippen LogP contribution in [0.5, 0.6) is 0 Å². The van der Waals surface area contributed by atoms with Gasteiger partial charge in [0, 0.05) is 12.1 Å². The fraction of sp³-hybridized carbons (Fsp3) is 0.467. The van der Waals surface area contributed by atoms with Crippen LogP contribution in [-0.2, 0) is 4.79 Å². The first-order valence-electron chi connectivity index (χ1n) is 7.10. The number of nitrogens with two attached hydrogens (primary N) is 1. The number of nitrogens with one attached hydrogen (secondary N) is 2. The van der Waals surface area contributed by atoms with E-state index in [1.54, 1.807) is 6.07 Å². The van der Waals surface area contributed by atoms with Crippen LogP contribution in [0.25, 0.3) is 0 Å². The Hall–Kier alpha value is -1.30. The van der Waals surface area contributed by atoms with E-state index in [9.17, 15) is 9.59 Å². The predicted molar refractivity (Wildman–Crippen MR) is 87.1 cm³/mol. The molecule has 0 bridgehead atoms. The third kappa shape index (κ3) is 4.12. The zero-order valence-electron chi connectivity index (χ0n) is 12.3. The minimum Gasteiger partial charge on any atom is -0.348 e. The van der Waals surface area contributed by atoms with Crippen molar-refractivity contribution in [2.24, 2.45) is 11.7 Å². The summed E-state index contributed by atoms with van der Waals surface area (Å²) in [6.07, 6.45) is 2.15. The molecule has 1 unspecified atom stereocenters. The summed E-state index contributed by atoms with van der Waals surface area (Å²) in [6.45, 7) is 2.20. The first kappa shape index (κ1) is 17.1. The van der Waals surface area contributed by atoms with Gasteiger partial charge in [-0.25, -0.2) is 0 Å². The van der Waals surface area contributed by atoms with Crippen molar-refractivity contribution >= 4 is 35.0 Å². The highest BCUT2D eigenvalue weighted by Gasteiger charge is 2.41. The van der Waals surface area contributed by atoms with Crippen molar-refractivity contribution in [3.63, 3.8) is 0 Å². The van der Waals surface area contributed by atoms with E-state index in [-0.39, 0.29) is 18.4 Å². The van der Waals surface area contributed by atoms with Crippen molar-refractivity contribution in [3.8, 4) is 0 Å². The van der Waals surface area contributed by atoms with Gasteiger partial charge in [-0.3, -0.25) is 9.59 Å². The largest absolute Gasteiger partial charge is 0.348 e. The molecule has 1 atom stereocenters. The second kappa shape index (κ2) is 6.86. The average molecular weight is 344 g/mol. The van der Waals surface area contributed by atoms with Crippen molar-refractivity contribution in [1.29, 1.82) is 0 Å². The van der Waals surface area contributed by atoms with Gasteiger partial charge in [0.25, 0.3) is 5.91 Å². The molecule has 1 aromatic rings. The maximum absolute atomic E-state index is 12.0. The van der Waals surface area contributed by atoms with Crippen LogP contribution in [0.15, 0.2) is 18.2 Å². The van der Waals surface area contributed by atoms with Gasteiger partial charge in [0.15, 0.2) is 0 Å². The topological polar surface area (TPSA) is 84.2 Å². The van der Waals surface area contributed by atoms with E-state index in [1.807, 2.05) is 6.92 Å². The summed E-state index contributed by atoms with van der Waals surface area (Å²) in [4.78, 5) is 24.0. The lowest BCUT2D eigenvalue weighted by atomic mass is 9.96. The van der Waals surface area contributed by atoms with Gasteiger partial charge in [-0.2, -0.15) is 0 Å². The minimum atomic E-state index is -0.397. The zero-order chi connectivity index (χ0) is 16.3. The van der Waals surface area contributed by atoms with E-state index in [0.717, 1.165) is 12.8 Å². The maximum atomic E-state index is 12.0. The lowest BCUT2D eigenvalue weighted by Gasteiger charge is -2.29. The SMILES string of the molecule is CC(CN)(NC(=O)CNC(=O)c1ccc(Cl)c(Cl)c1)C1CC1. The summed E-state index contributed by atoms with van der Waals surface area (Å²) in [7, 11) is 0. The third-order valence-corrected chi connectivity index (χ3v) is 4.66. The van der Waals surface area contributed by atoms with Gasteiger partial charge in [-0.15, -0.1) is 0 Å². The first-order valence-corrected chi connectivity index (χ1v) is 7.85. The van der Waals surface area contributed by atoms with Crippen LogP contribution in [0.2, 0.25) is 10.0 Å². The monoisotopic (exact) mass is 343 g/mol. The number of carbonyl (C=O) groups is 2. The van der Waals surface area contributed by atoms with E-state index >= 15 is 0 Å². The highest BCUT2D eigenvalue weighted by molar-refractivity contribution is 6.42. The molecule has 5 nitrogen and oxygen atoms in total. The van der Waals surface area contributed by atoms with E-state index in [2.05, 4.69) is 10.6 Å². The molecule has 0 heterocycles. The Bertz CT molecular complexity index is 590. The van der Waals surface area contributed by atoms with E-state index < -0.39 is 5.54 Å². The molecule has 2 rings (SSSR count). The standard InChI is InChI=1S/C15H19Cl2N3O2/c1-15(8-18,10-3-4-10)20-13(21)7-19-14(22)9-2-5-11(16)12(17)6-9/h2,5-6,10H,3-4,7-8,18H2,1H3,(H,19,22)(H,20,21). The molecule has 0 radical (unpaired) electrons. The number of hydrogen-bond donors (Lipinski definition) is 3. The third-order valence-electron chi connectivity index (χ3n) is 3.92. The molecule has 1 aliphatic rings. The second-order valence-electron chi connectivity index (χ2n) is 5.76. The fourth-order valence-corrected chi connectivity index (χ4v) is 2.60. The van der Waals surface area contributed by atoms with Gasteiger partial charge in [0.05, 0.1) is 22.1 Å². The molecule has 4 N–H and O–H groups in total. The van der Waals surface area contributed by atoms with Gasteiger partial charge in [0.2, 0.25) is 5.91 Å². The van der Waals surface area contributed by atoms with Crippen molar-refractivity contribution in [3.05, 3.63) is 33.8 Å². The van der Waals surface area contributed by atoms with Gasteiger partial charge < -0.3 is 16.4 Å². The molecule has 0 saturated heterocycles. The molecule has 120 valence electrons. The van der Waals surface area contributed by atoms with Crippen LogP contribution >= 0.6 is 23.2 Å². The Morgan fingerprint density at radius 2 is 2.00 bits per heavy atom. The first-order chi connectivity index (χ1) is 10.4. The van der Waals surface area contributed by atoms with E-state index in [4.69, 9.17) is 28.9 Å². The number of carbonyl (C=O) groups excluding carboxylic acids is 2. The van der Waals surface area contributed by atoms with Crippen LogP contribution in [0, 0.1) is 5.92 Å². The summed E-state index contributed by atoms with van der Waals surface area (Å²) < 4.78 is 0. The molecule has 1 aliphatic carbocycles. The Morgan fingerprint density at radius 3 is 2.55 bits per heavy atom. The van der Waals surface area contributed by atoms with Crippen molar-refractivity contribution in [1.82, 2.24) is 10.6 Å². The number of hydrogen-bond acceptors (Lipinski definition) is 3. The summed E-state index contributed by atoms with van der Waals surface area (Å²) in [6, 6.07) is 4.55. The highest BCUT2D eigenvalue weighted by atomic mass is 35.5. The van der Waals surface area contributed by atoms with Crippen LogP contribution in [0.3, 0.4) is 0 Å². The molecule has 7 heteroatoms. The maximum Gasteiger partial charge on any atom is 0.251 e. The van der Waals surface area contributed by atoms with Gasteiger partial charge >= 0.3 is 0 Å². The number of amides is 2. The number of rotatable bonds is 6. The van der Waals surface area contributed by atoms with Gasteiger partial charge in [0.1, 0.15) is 0 Å². The molecular weight excluding hydrogens is 325 g/mol. The molecule has 0 aliphatic heterocycles. The molecule has 0 aromatic heterocycles. The molecule has 0 spiro atoms. The molecule has 2 amide bonds. The van der Waals surface area contributed by atoms with E-state index in [0.29, 0.717) is 28.1 Å². The Labute approximate surface area is 139 Å². The smallest absolute Gasteiger partial charge is 0.251 e. The van der Waals surface area contributed by atoms with E-state index in [1.165, 1.54) is 12.1 Å². The average Bonchev–Trinajstić information content (AvgIpc) is 3.32. The summed E-state index contributed by atoms with van der Waals surface area (Å²) in [5.74, 6) is -0.213. The molecule has 22 heavy (non-hydrogen) atoms. The lowest BCUT2D eigenvalue weighted by Crippen LogP contribution is -2.55. The Morgan fingerprint density at radius 1 is 1.32 bits per heavy atom. The fourth-order valence-electron chi connectivity index (χ4n) is 2.30. The summed E-state index contributed by atoms with van der Waals surface area (Å²) in [5, 5.41) is 6.13. The van der Waals surface area contributed by atoms with Gasteiger partial charge in [-0.1, -0.05) is 23.2 Å². The molecule has 1 aromatic carbocycles. The lowest BCUT2D eigenvalue weighted by molar-refractivity contribution is -0.122. The van der Waals surface area contributed by atoms with Gasteiger partial charge in [-0.05, 0) is 43.9 Å².